The lowest BCUT2D eigenvalue weighted by Crippen LogP contribution is -2.52. The molecule has 2 N–H and O–H groups in total. The zero-order valence-corrected chi connectivity index (χ0v) is 12.5. The van der Waals surface area contributed by atoms with Crippen LogP contribution in [-0.4, -0.2) is 0 Å². The highest BCUT2D eigenvalue weighted by atomic mass is 15.6. The van der Waals surface area contributed by atoms with E-state index in [9.17, 15) is 0 Å². The zero-order chi connectivity index (χ0) is 14.9. The Labute approximate surface area is 129 Å². The Bertz CT molecular complexity index is 860. The van der Waals surface area contributed by atoms with Crippen molar-refractivity contribution in [2.75, 3.05) is 0 Å². The largest absolute Gasteiger partial charge is 0.281 e. The highest BCUT2D eigenvalue weighted by molar-refractivity contribution is 5.70. The van der Waals surface area contributed by atoms with Crippen LogP contribution in [0.2, 0.25) is 0 Å². The van der Waals surface area contributed by atoms with Crippen LogP contribution < -0.4 is 11.0 Å². The highest BCUT2D eigenvalue weighted by Gasteiger charge is 2.59. The summed E-state index contributed by atoms with van der Waals surface area (Å²) >= 11 is 0. The molecular weight excluding hydrogens is 272 g/mol. The number of nitrogens with zero attached hydrogens (tertiary/aromatic N) is 2. The van der Waals surface area contributed by atoms with Gasteiger partial charge < -0.3 is 0 Å². The summed E-state index contributed by atoms with van der Waals surface area (Å²) in [6, 6.07) is 0. The van der Waals surface area contributed by atoms with Crippen LogP contribution in [0.25, 0.3) is 0 Å². The van der Waals surface area contributed by atoms with Gasteiger partial charge in [0.05, 0.1) is 5.70 Å². The molecule has 0 bridgehead atoms. The number of allylic oxidation sites excluding steroid dienone is 12. The van der Waals surface area contributed by atoms with Crippen molar-refractivity contribution in [2.45, 2.75) is 13.8 Å². The maximum absolute atomic E-state index is 4.40. The number of nitrogens with one attached hydrogen (secondary N) is 2. The molecule has 4 heteroatoms. The second kappa shape index (κ2) is 3.58. The molecule has 1 aliphatic heterocycles. The molecule has 0 fully saturated rings. The van der Waals surface area contributed by atoms with E-state index in [2.05, 4.69) is 83.8 Å². The van der Waals surface area contributed by atoms with Crippen LogP contribution in [0.15, 0.2) is 92.6 Å². The lowest BCUT2D eigenvalue weighted by molar-refractivity contribution is 0.234. The van der Waals surface area contributed by atoms with Crippen LogP contribution >= 0.6 is 0 Å². The lowest BCUT2D eigenvalue weighted by Gasteiger charge is -2.57. The minimum absolute atomic E-state index is 0.108. The first-order chi connectivity index (χ1) is 10.7. The van der Waals surface area contributed by atoms with E-state index in [-0.39, 0.29) is 10.8 Å². The Balaban J connectivity index is 1.96. The van der Waals surface area contributed by atoms with E-state index >= 15 is 0 Å². The molecule has 22 heavy (non-hydrogen) atoms. The molecule has 0 aromatic carbocycles. The van der Waals surface area contributed by atoms with E-state index in [0.717, 1.165) is 11.4 Å². The van der Waals surface area contributed by atoms with Crippen molar-refractivity contribution >= 4 is 0 Å². The SMILES string of the molecule is C[C@@]12C3=CC=C4C=CC=C(C5=C(N=NNN5)C1=CC=C3)[C@@]42C. The van der Waals surface area contributed by atoms with Gasteiger partial charge in [0.25, 0.3) is 0 Å². The fourth-order valence-corrected chi connectivity index (χ4v) is 4.51. The number of rotatable bonds is 0. The second-order valence-electron chi connectivity index (χ2n) is 6.53. The number of hydrazine groups is 1. The number of hydrogen-bond acceptors (Lipinski definition) is 4. The Morgan fingerprint density at radius 3 is 2.23 bits per heavy atom. The van der Waals surface area contributed by atoms with Gasteiger partial charge in [-0.25, -0.2) is 5.53 Å². The molecule has 0 amide bonds. The molecule has 0 radical (unpaired) electrons. The second-order valence-corrected chi connectivity index (χ2v) is 6.53. The van der Waals surface area contributed by atoms with Crippen molar-refractivity contribution in [3.05, 3.63) is 82.3 Å². The average molecular weight is 288 g/mol. The van der Waals surface area contributed by atoms with Crippen LogP contribution in [0.3, 0.4) is 0 Å². The molecule has 5 rings (SSSR count). The third kappa shape index (κ3) is 1.06. The molecular formula is C18H16N4. The normalized spacial score (nSPS) is 36.3. The van der Waals surface area contributed by atoms with E-state index in [1.165, 1.54) is 22.3 Å². The van der Waals surface area contributed by atoms with Crippen LogP contribution in [0.5, 0.6) is 0 Å². The van der Waals surface area contributed by atoms with Crippen molar-refractivity contribution in [3.8, 4) is 0 Å². The monoisotopic (exact) mass is 288 g/mol. The molecule has 4 nitrogen and oxygen atoms in total. The van der Waals surface area contributed by atoms with Crippen molar-refractivity contribution in [1.29, 1.82) is 0 Å². The molecule has 0 saturated heterocycles. The maximum atomic E-state index is 4.40. The summed E-state index contributed by atoms with van der Waals surface area (Å²) in [5.74, 6) is 0. The van der Waals surface area contributed by atoms with Gasteiger partial charge in [0.1, 0.15) is 5.70 Å². The van der Waals surface area contributed by atoms with E-state index in [4.69, 9.17) is 0 Å². The van der Waals surface area contributed by atoms with Crippen molar-refractivity contribution in [3.63, 3.8) is 0 Å². The van der Waals surface area contributed by atoms with Crippen LogP contribution in [0.1, 0.15) is 13.8 Å². The van der Waals surface area contributed by atoms with Gasteiger partial charge in [-0.15, -0.1) is 5.11 Å². The molecule has 2 atom stereocenters. The van der Waals surface area contributed by atoms with Gasteiger partial charge >= 0.3 is 0 Å². The smallest absolute Gasteiger partial charge is 0.117 e. The van der Waals surface area contributed by atoms with Crippen molar-refractivity contribution < 1.29 is 0 Å². The van der Waals surface area contributed by atoms with Gasteiger partial charge in [-0.05, 0) is 22.3 Å². The summed E-state index contributed by atoms with van der Waals surface area (Å²) in [7, 11) is 0. The third-order valence-electron chi connectivity index (χ3n) is 5.89. The topological polar surface area (TPSA) is 48.8 Å². The average Bonchev–Trinajstić information content (AvgIpc) is 2.54. The first-order valence-corrected chi connectivity index (χ1v) is 7.55. The Hall–Kier alpha value is -2.62. The quantitative estimate of drug-likeness (QED) is 0.716. The lowest BCUT2D eigenvalue weighted by atomic mass is 9.46. The third-order valence-corrected chi connectivity index (χ3v) is 5.89. The molecule has 0 unspecified atom stereocenters. The summed E-state index contributed by atoms with van der Waals surface area (Å²) in [4.78, 5) is 0. The van der Waals surface area contributed by atoms with E-state index in [0.29, 0.717) is 0 Å². The summed E-state index contributed by atoms with van der Waals surface area (Å²) < 4.78 is 0. The fraction of sp³-hybridized carbons (Fsp3) is 0.222. The number of fused-ring (bicyclic) bond motifs is 2. The summed E-state index contributed by atoms with van der Waals surface area (Å²) in [6.07, 6.45) is 17.5. The highest BCUT2D eigenvalue weighted by Crippen LogP contribution is 2.67. The maximum Gasteiger partial charge on any atom is 0.117 e. The Kier molecular flexibility index (Phi) is 1.95. The summed E-state index contributed by atoms with van der Waals surface area (Å²) in [6.45, 7) is 4.67. The Morgan fingerprint density at radius 1 is 0.864 bits per heavy atom. The molecule has 4 aliphatic carbocycles. The van der Waals surface area contributed by atoms with Crippen LogP contribution in [0, 0.1) is 10.8 Å². The minimum atomic E-state index is -0.126. The summed E-state index contributed by atoms with van der Waals surface area (Å²) in [5, 5.41) is 8.37. The summed E-state index contributed by atoms with van der Waals surface area (Å²) in [5.41, 5.74) is 12.9. The van der Waals surface area contributed by atoms with Crippen molar-refractivity contribution in [1.82, 2.24) is 11.0 Å². The van der Waals surface area contributed by atoms with Crippen molar-refractivity contribution in [2.24, 2.45) is 21.2 Å². The standard InChI is InChI=1S/C18H16N4/c1-17-11-5-3-7-13(17)15-16(20-22-21-19-15)14-8-4-6-12(10-9-11)18(14,17)2/h3-10H,1-2H3,(H,19,22)(H,20,21)/t17-,18-/m1/s1. The fourth-order valence-electron chi connectivity index (χ4n) is 4.51. The molecule has 5 aliphatic rings. The molecule has 0 aromatic heterocycles. The molecule has 0 aromatic rings. The first-order valence-electron chi connectivity index (χ1n) is 7.55. The molecule has 108 valence electrons. The van der Waals surface area contributed by atoms with Gasteiger partial charge in [-0.1, -0.05) is 67.7 Å². The molecule has 0 spiro atoms. The van der Waals surface area contributed by atoms with E-state index in [1.807, 2.05) is 0 Å². The molecule has 1 heterocycles. The van der Waals surface area contributed by atoms with Gasteiger partial charge in [0.15, 0.2) is 0 Å². The van der Waals surface area contributed by atoms with Crippen LogP contribution in [0.4, 0.5) is 0 Å². The Morgan fingerprint density at radius 2 is 1.50 bits per heavy atom. The predicted molar refractivity (Wildman–Crippen MR) is 85.0 cm³/mol. The van der Waals surface area contributed by atoms with Gasteiger partial charge in [0.2, 0.25) is 0 Å². The predicted octanol–water partition coefficient (Wildman–Crippen LogP) is 3.56. The van der Waals surface area contributed by atoms with Crippen LogP contribution in [-0.2, 0) is 0 Å². The van der Waals surface area contributed by atoms with Gasteiger partial charge in [0, 0.05) is 10.8 Å². The van der Waals surface area contributed by atoms with Gasteiger partial charge in [-0.2, -0.15) is 0 Å². The zero-order valence-electron chi connectivity index (χ0n) is 12.5. The minimum Gasteiger partial charge on any atom is -0.281 e. The van der Waals surface area contributed by atoms with E-state index in [1.54, 1.807) is 0 Å². The van der Waals surface area contributed by atoms with Gasteiger partial charge in [-0.3, -0.25) is 5.43 Å². The number of hydrogen-bond donors (Lipinski definition) is 2. The first kappa shape index (κ1) is 12.0. The molecule has 0 saturated carbocycles. The van der Waals surface area contributed by atoms with E-state index < -0.39 is 0 Å².